The van der Waals surface area contributed by atoms with Crippen molar-refractivity contribution >= 4 is 28.5 Å². The highest BCUT2D eigenvalue weighted by atomic mass is 35.5. The van der Waals surface area contributed by atoms with Crippen LogP contribution < -0.4 is 4.74 Å². The molecule has 0 aliphatic rings. The molecule has 0 atom stereocenters. The van der Waals surface area contributed by atoms with Crippen LogP contribution in [-0.2, 0) is 4.79 Å². The van der Waals surface area contributed by atoms with Gasteiger partial charge in [0.2, 0.25) is 0 Å². The van der Waals surface area contributed by atoms with E-state index in [4.69, 9.17) is 16.3 Å². The van der Waals surface area contributed by atoms with Crippen molar-refractivity contribution in [2.75, 3.05) is 12.4 Å². The Hall–Kier alpha value is -0.670. The molecule has 4 heteroatoms. The number of ether oxygens (including phenoxy) is 1. The van der Waals surface area contributed by atoms with Crippen LogP contribution in [0.4, 0.5) is 0 Å². The monoisotopic (exact) mass is 244 g/mol. The van der Waals surface area contributed by atoms with Gasteiger partial charge in [0.25, 0.3) is 0 Å². The molecular formula is C11H13ClO2S. The Morgan fingerprint density at radius 2 is 2.07 bits per heavy atom. The van der Waals surface area contributed by atoms with Crippen molar-refractivity contribution in [3.63, 3.8) is 0 Å². The standard InChI is InChI=1S/C11H13ClO2S/c1-9(13)15-8-2-7-14-11-5-3-10(12)4-6-11/h3-6H,2,7-8H2,1H3. The van der Waals surface area contributed by atoms with Crippen LogP contribution in [0.3, 0.4) is 0 Å². The van der Waals surface area contributed by atoms with Gasteiger partial charge in [0.1, 0.15) is 5.75 Å². The molecule has 1 aromatic carbocycles. The largest absolute Gasteiger partial charge is 0.494 e. The maximum absolute atomic E-state index is 10.6. The van der Waals surface area contributed by atoms with Gasteiger partial charge < -0.3 is 4.74 Å². The van der Waals surface area contributed by atoms with Crippen LogP contribution in [0, 0.1) is 0 Å². The average Bonchev–Trinajstić information content (AvgIpc) is 2.20. The molecule has 0 radical (unpaired) electrons. The lowest BCUT2D eigenvalue weighted by atomic mass is 10.3. The molecule has 0 aliphatic carbocycles. The van der Waals surface area contributed by atoms with Gasteiger partial charge in [-0.05, 0) is 30.7 Å². The van der Waals surface area contributed by atoms with E-state index in [0.29, 0.717) is 11.6 Å². The summed E-state index contributed by atoms with van der Waals surface area (Å²) in [5.41, 5.74) is 0. The predicted octanol–water partition coefficient (Wildman–Crippen LogP) is 3.39. The fourth-order valence-electron chi connectivity index (χ4n) is 0.996. The Balaban J connectivity index is 2.15. The molecule has 0 amide bonds. The van der Waals surface area contributed by atoms with Gasteiger partial charge in [-0.15, -0.1) is 0 Å². The summed E-state index contributed by atoms with van der Waals surface area (Å²) in [6.45, 7) is 2.20. The molecule has 0 saturated carbocycles. The van der Waals surface area contributed by atoms with Crippen molar-refractivity contribution in [2.24, 2.45) is 0 Å². The minimum Gasteiger partial charge on any atom is -0.494 e. The fourth-order valence-corrected chi connectivity index (χ4v) is 1.67. The summed E-state index contributed by atoms with van der Waals surface area (Å²) in [5, 5.41) is 0.857. The van der Waals surface area contributed by atoms with Gasteiger partial charge in [-0.2, -0.15) is 0 Å². The smallest absolute Gasteiger partial charge is 0.185 e. The fraction of sp³-hybridized carbons (Fsp3) is 0.364. The van der Waals surface area contributed by atoms with Gasteiger partial charge in [-0.1, -0.05) is 23.4 Å². The first kappa shape index (κ1) is 12.4. The molecule has 0 unspecified atom stereocenters. The van der Waals surface area contributed by atoms with Crippen LogP contribution in [0.2, 0.25) is 5.02 Å². The van der Waals surface area contributed by atoms with E-state index in [-0.39, 0.29) is 5.12 Å². The molecule has 15 heavy (non-hydrogen) atoms. The SMILES string of the molecule is CC(=O)SCCCOc1ccc(Cl)cc1. The van der Waals surface area contributed by atoms with Gasteiger partial charge >= 0.3 is 0 Å². The minimum absolute atomic E-state index is 0.154. The molecule has 0 saturated heterocycles. The van der Waals surface area contributed by atoms with Crippen LogP contribution in [-0.4, -0.2) is 17.5 Å². The molecule has 2 nitrogen and oxygen atoms in total. The van der Waals surface area contributed by atoms with E-state index in [1.165, 1.54) is 11.8 Å². The number of halogens is 1. The Morgan fingerprint density at radius 3 is 2.67 bits per heavy atom. The number of benzene rings is 1. The molecule has 82 valence electrons. The molecule has 0 aliphatic heterocycles. The normalized spacial score (nSPS) is 10.0. The third kappa shape index (κ3) is 5.70. The van der Waals surface area contributed by atoms with Crippen LogP contribution in [0.5, 0.6) is 5.75 Å². The molecule has 0 spiro atoms. The maximum Gasteiger partial charge on any atom is 0.185 e. The predicted molar refractivity (Wildman–Crippen MR) is 64.7 cm³/mol. The first-order valence-electron chi connectivity index (χ1n) is 4.70. The van der Waals surface area contributed by atoms with E-state index in [1.807, 2.05) is 12.1 Å². The van der Waals surface area contributed by atoms with Crippen LogP contribution >= 0.6 is 23.4 Å². The van der Waals surface area contributed by atoms with Crippen LogP contribution in [0.15, 0.2) is 24.3 Å². The Bertz CT molecular complexity index is 311. The van der Waals surface area contributed by atoms with Crippen molar-refractivity contribution in [1.29, 1.82) is 0 Å². The topological polar surface area (TPSA) is 26.3 Å². The molecule has 1 rings (SSSR count). The first-order chi connectivity index (χ1) is 7.18. The highest BCUT2D eigenvalue weighted by molar-refractivity contribution is 8.13. The van der Waals surface area contributed by atoms with E-state index in [1.54, 1.807) is 19.1 Å². The van der Waals surface area contributed by atoms with Gasteiger partial charge in [0, 0.05) is 17.7 Å². The van der Waals surface area contributed by atoms with Gasteiger partial charge in [-0.3, -0.25) is 4.79 Å². The number of rotatable bonds is 5. The Kier molecular flexibility index (Phi) is 5.58. The summed E-state index contributed by atoms with van der Waals surface area (Å²) in [6.07, 6.45) is 0.868. The number of carbonyl (C=O) groups is 1. The third-order valence-corrected chi connectivity index (χ3v) is 2.83. The maximum atomic E-state index is 10.6. The zero-order chi connectivity index (χ0) is 11.1. The molecular weight excluding hydrogens is 232 g/mol. The van der Waals surface area contributed by atoms with E-state index in [0.717, 1.165) is 17.9 Å². The first-order valence-corrected chi connectivity index (χ1v) is 6.06. The van der Waals surface area contributed by atoms with Crippen LogP contribution in [0.25, 0.3) is 0 Å². The van der Waals surface area contributed by atoms with Gasteiger partial charge in [0.05, 0.1) is 6.61 Å². The average molecular weight is 245 g/mol. The van der Waals surface area contributed by atoms with Crippen molar-refractivity contribution in [3.8, 4) is 5.75 Å². The molecule has 0 heterocycles. The lowest BCUT2D eigenvalue weighted by Gasteiger charge is -2.04. The van der Waals surface area contributed by atoms with Crippen molar-refractivity contribution in [3.05, 3.63) is 29.3 Å². The minimum atomic E-state index is 0.154. The van der Waals surface area contributed by atoms with Crippen molar-refractivity contribution in [1.82, 2.24) is 0 Å². The highest BCUT2D eigenvalue weighted by Crippen LogP contribution is 2.15. The lowest BCUT2D eigenvalue weighted by Crippen LogP contribution is -1.99. The van der Waals surface area contributed by atoms with Gasteiger partial charge in [0.15, 0.2) is 5.12 Å². The van der Waals surface area contributed by atoms with Gasteiger partial charge in [-0.25, -0.2) is 0 Å². The van der Waals surface area contributed by atoms with E-state index in [9.17, 15) is 4.79 Å². The lowest BCUT2D eigenvalue weighted by molar-refractivity contribution is -0.109. The summed E-state index contributed by atoms with van der Waals surface area (Å²) >= 11 is 7.06. The Labute approximate surface area is 99.0 Å². The molecule has 0 bridgehead atoms. The number of hydrogen-bond acceptors (Lipinski definition) is 3. The highest BCUT2D eigenvalue weighted by Gasteiger charge is 1.96. The van der Waals surface area contributed by atoms with Crippen molar-refractivity contribution in [2.45, 2.75) is 13.3 Å². The third-order valence-electron chi connectivity index (χ3n) is 1.68. The van der Waals surface area contributed by atoms with Crippen molar-refractivity contribution < 1.29 is 9.53 Å². The molecule has 0 fully saturated rings. The summed E-state index contributed by atoms with van der Waals surface area (Å²) in [4.78, 5) is 10.6. The summed E-state index contributed by atoms with van der Waals surface area (Å²) in [6, 6.07) is 7.25. The molecule has 0 aromatic heterocycles. The number of thioether (sulfide) groups is 1. The summed E-state index contributed by atoms with van der Waals surface area (Å²) < 4.78 is 5.46. The summed E-state index contributed by atoms with van der Waals surface area (Å²) in [5.74, 6) is 1.62. The zero-order valence-electron chi connectivity index (χ0n) is 8.53. The number of hydrogen-bond donors (Lipinski definition) is 0. The van der Waals surface area contributed by atoms with E-state index in [2.05, 4.69) is 0 Å². The second-order valence-electron chi connectivity index (χ2n) is 3.00. The van der Waals surface area contributed by atoms with E-state index >= 15 is 0 Å². The quantitative estimate of drug-likeness (QED) is 0.743. The second-order valence-corrected chi connectivity index (χ2v) is 4.70. The van der Waals surface area contributed by atoms with E-state index < -0.39 is 0 Å². The number of carbonyl (C=O) groups excluding carboxylic acids is 1. The summed E-state index contributed by atoms with van der Waals surface area (Å²) in [7, 11) is 0. The molecule has 0 N–H and O–H groups in total. The zero-order valence-corrected chi connectivity index (χ0v) is 10.1. The Morgan fingerprint density at radius 1 is 1.40 bits per heavy atom. The second kappa shape index (κ2) is 6.75. The molecule has 1 aromatic rings. The van der Waals surface area contributed by atoms with Crippen LogP contribution in [0.1, 0.15) is 13.3 Å².